The quantitative estimate of drug-likeness (QED) is 0.602. The second kappa shape index (κ2) is 6.69. The summed E-state index contributed by atoms with van der Waals surface area (Å²) in [7, 11) is 1.41. The van der Waals surface area contributed by atoms with Gasteiger partial charge in [-0.2, -0.15) is 4.98 Å². The van der Waals surface area contributed by atoms with Gasteiger partial charge in [0, 0.05) is 18.2 Å². The molecule has 20 heavy (non-hydrogen) atoms. The van der Waals surface area contributed by atoms with E-state index < -0.39 is 11.0 Å². The van der Waals surface area contributed by atoms with Gasteiger partial charge in [-0.15, -0.1) is 0 Å². The average molecular weight is 282 g/mol. The Bertz CT molecular complexity index is 504. The van der Waals surface area contributed by atoms with E-state index in [2.05, 4.69) is 15.6 Å². The number of methoxy groups -OCH3 is 1. The van der Waals surface area contributed by atoms with Crippen molar-refractivity contribution in [3.63, 3.8) is 0 Å². The Labute approximate surface area is 116 Å². The molecule has 8 nitrogen and oxygen atoms in total. The van der Waals surface area contributed by atoms with Crippen molar-refractivity contribution < 1.29 is 14.5 Å². The molecule has 0 saturated heterocycles. The predicted octanol–water partition coefficient (Wildman–Crippen LogP) is 1.32. The van der Waals surface area contributed by atoms with Crippen molar-refractivity contribution in [1.82, 2.24) is 10.3 Å². The standard InChI is InChI=1S/C12H18N4O4/c1-7(2)13-12(17)8(3)14-11-9(16(18)19)5-6-10(15-11)20-4/h5-8H,1-4H3,(H,13,17)(H,14,15). The molecular weight excluding hydrogens is 264 g/mol. The molecule has 0 spiro atoms. The first-order chi connectivity index (χ1) is 9.35. The summed E-state index contributed by atoms with van der Waals surface area (Å²) in [5.41, 5.74) is -0.213. The van der Waals surface area contributed by atoms with Crippen LogP contribution < -0.4 is 15.4 Å². The molecule has 1 aromatic rings. The lowest BCUT2D eigenvalue weighted by Gasteiger charge is -2.16. The first kappa shape index (κ1) is 15.7. The molecule has 1 unspecified atom stereocenters. The van der Waals surface area contributed by atoms with Crippen LogP contribution in [0.1, 0.15) is 20.8 Å². The number of hydrogen-bond acceptors (Lipinski definition) is 6. The van der Waals surface area contributed by atoms with E-state index >= 15 is 0 Å². The third-order valence-electron chi connectivity index (χ3n) is 2.43. The third kappa shape index (κ3) is 4.08. The first-order valence-corrected chi connectivity index (χ1v) is 6.11. The zero-order chi connectivity index (χ0) is 15.3. The minimum absolute atomic E-state index is 0.000700. The van der Waals surface area contributed by atoms with Crippen molar-refractivity contribution in [2.75, 3.05) is 12.4 Å². The number of rotatable bonds is 6. The molecule has 0 aliphatic heterocycles. The predicted molar refractivity (Wildman–Crippen MR) is 73.8 cm³/mol. The summed E-state index contributed by atoms with van der Waals surface area (Å²) in [4.78, 5) is 26.1. The highest BCUT2D eigenvalue weighted by Crippen LogP contribution is 2.25. The summed E-state index contributed by atoms with van der Waals surface area (Å²) in [5.74, 6) is -0.0331. The summed E-state index contributed by atoms with van der Waals surface area (Å²) in [6.45, 7) is 5.26. The van der Waals surface area contributed by atoms with Crippen LogP contribution in [0, 0.1) is 10.1 Å². The minimum atomic E-state index is -0.657. The number of carbonyl (C=O) groups is 1. The lowest BCUT2D eigenvalue weighted by atomic mass is 10.2. The van der Waals surface area contributed by atoms with Gasteiger partial charge in [0.1, 0.15) is 6.04 Å². The van der Waals surface area contributed by atoms with Gasteiger partial charge in [0.2, 0.25) is 17.6 Å². The number of amides is 1. The van der Waals surface area contributed by atoms with Gasteiger partial charge in [0.05, 0.1) is 12.0 Å². The van der Waals surface area contributed by atoms with Crippen LogP contribution in [0.2, 0.25) is 0 Å². The Kier molecular flexibility index (Phi) is 5.24. The second-order valence-electron chi connectivity index (χ2n) is 4.51. The Balaban J connectivity index is 2.94. The van der Waals surface area contributed by atoms with Crippen molar-refractivity contribution in [2.24, 2.45) is 0 Å². The monoisotopic (exact) mass is 282 g/mol. The number of ether oxygens (including phenoxy) is 1. The van der Waals surface area contributed by atoms with Crippen molar-refractivity contribution >= 4 is 17.4 Å². The second-order valence-corrected chi connectivity index (χ2v) is 4.51. The van der Waals surface area contributed by atoms with Gasteiger partial charge >= 0.3 is 5.69 Å². The maximum atomic E-state index is 11.8. The maximum absolute atomic E-state index is 11.8. The van der Waals surface area contributed by atoms with Crippen LogP contribution >= 0.6 is 0 Å². The molecule has 0 radical (unpaired) electrons. The molecule has 110 valence electrons. The summed E-state index contributed by atoms with van der Waals surface area (Å²) in [6, 6.07) is 2.00. The molecule has 0 aliphatic rings. The molecule has 8 heteroatoms. The molecule has 1 heterocycles. The molecule has 1 atom stereocenters. The molecule has 1 amide bonds. The van der Waals surface area contributed by atoms with Crippen LogP contribution in [0.15, 0.2) is 12.1 Å². The van der Waals surface area contributed by atoms with Gasteiger partial charge in [-0.1, -0.05) is 0 Å². The maximum Gasteiger partial charge on any atom is 0.311 e. The molecule has 0 aliphatic carbocycles. The fraction of sp³-hybridized carbons (Fsp3) is 0.500. The zero-order valence-electron chi connectivity index (χ0n) is 11.8. The van der Waals surface area contributed by atoms with Crippen molar-refractivity contribution in [1.29, 1.82) is 0 Å². The van der Waals surface area contributed by atoms with Gasteiger partial charge in [0.25, 0.3) is 0 Å². The van der Waals surface area contributed by atoms with Crippen molar-refractivity contribution in [2.45, 2.75) is 32.9 Å². The van der Waals surface area contributed by atoms with Crippen LogP contribution in [0.4, 0.5) is 11.5 Å². The van der Waals surface area contributed by atoms with Crippen LogP contribution in [0.25, 0.3) is 0 Å². The fourth-order valence-electron chi connectivity index (χ4n) is 1.48. The summed E-state index contributed by atoms with van der Waals surface area (Å²) < 4.78 is 4.92. The number of nitro groups is 1. The summed E-state index contributed by atoms with van der Waals surface area (Å²) in [5, 5.41) is 16.4. The third-order valence-corrected chi connectivity index (χ3v) is 2.43. The van der Waals surface area contributed by atoms with Gasteiger partial charge in [-0.3, -0.25) is 14.9 Å². The Morgan fingerprint density at radius 2 is 2.05 bits per heavy atom. The van der Waals surface area contributed by atoms with Gasteiger partial charge < -0.3 is 15.4 Å². The van der Waals surface area contributed by atoms with Crippen molar-refractivity contribution in [3.05, 3.63) is 22.2 Å². The summed E-state index contributed by atoms with van der Waals surface area (Å²) in [6.07, 6.45) is 0. The smallest absolute Gasteiger partial charge is 0.311 e. The first-order valence-electron chi connectivity index (χ1n) is 6.11. The number of carbonyl (C=O) groups excluding carboxylic acids is 1. The topological polar surface area (TPSA) is 106 Å². The molecule has 2 N–H and O–H groups in total. The Hall–Kier alpha value is -2.38. The lowest BCUT2D eigenvalue weighted by Crippen LogP contribution is -2.41. The van der Waals surface area contributed by atoms with Gasteiger partial charge in [-0.25, -0.2) is 0 Å². The fourth-order valence-corrected chi connectivity index (χ4v) is 1.48. The largest absolute Gasteiger partial charge is 0.481 e. The highest BCUT2D eigenvalue weighted by molar-refractivity contribution is 5.84. The highest BCUT2D eigenvalue weighted by Gasteiger charge is 2.21. The van der Waals surface area contributed by atoms with E-state index in [1.807, 2.05) is 13.8 Å². The highest BCUT2D eigenvalue weighted by atomic mass is 16.6. The van der Waals surface area contributed by atoms with E-state index in [-0.39, 0.29) is 29.3 Å². The van der Waals surface area contributed by atoms with Crippen LogP contribution in [-0.4, -0.2) is 35.0 Å². The molecule has 1 aromatic heterocycles. The van der Waals surface area contributed by atoms with E-state index in [4.69, 9.17) is 4.74 Å². The Morgan fingerprint density at radius 3 is 2.55 bits per heavy atom. The minimum Gasteiger partial charge on any atom is -0.481 e. The number of pyridine rings is 1. The van der Waals surface area contributed by atoms with Gasteiger partial charge in [-0.05, 0) is 20.8 Å². The number of aromatic nitrogens is 1. The number of nitrogens with one attached hydrogen (secondary N) is 2. The Morgan fingerprint density at radius 1 is 1.40 bits per heavy atom. The van der Waals surface area contributed by atoms with E-state index in [9.17, 15) is 14.9 Å². The molecule has 0 bridgehead atoms. The van der Waals surface area contributed by atoms with E-state index in [1.54, 1.807) is 6.92 Å². The van der Waals surface area contributed by atoms with Gasteiger partial charge in [0.15, 0.2) is 0 Å². The van der Waals surface area contributed by atoms with Crippen LogP contribution in [-0.2, 0) is 4.79 Å². The molecule has 1 rings (SSSR count). The SMILES string of the molecule is COc1ccc([N+](=O)[O-])c(NC(C)C(=O)NC(C)C)n1. The van der Waals surface area contributed by atoms with E-state index in [1.165, 1.54) is 19.2 Å². The molecule has 0 fully saturated rings. The number of hydrogen-bond donors (Lipinski definition) is 2. The summed E-state index contributed by atoms with van der Waals surface area (Å²) >= 11 is 0. The number of nitrogens with zero attached hydrogens (tertiary/aromatic N) is 2. The average Bonchev–Trinajstić information content (AvgIpc) is 2.37. The van der Waals surface area contributed by atoms with E-state index in [0.29, 0.717) is 0 Å². The lowest BCUT2D eigenvalue weighted by molar-refractivity contribution is -0.384. The van der Waals surface area contributed by atoms with E-state index in [0.717, 1.165) is 0 Å². The van der Waals surface area contributed by atoms with Crippen LogP contribution in [0.3, 0.4) is 0 Å². The van der Waals surface area contributed by atoms with Crippen molar-refractivity contribution in [3.8, 4) is 5.88 Å². The molecule has 0 saturated carbocycles. The molecular formula is C12H18N4O4. The zero-order valence-corrected chi connectivity index (χ0v) is 11.8. The number of anilines is 1. The normalized spacial score (nSPS) is 11.8. The molecule has 0 aromatic carbocycles. The van der Waals surface area contributed by atoms with Crippen LogP contribution in [0.5, 0.6) is 5.88 Å².